The standard InChI is InChI=1S/C43H70NO9P/c1-3-5-7-8-9-10-11-12-13-14-15-16-17-20-23-26-30-34-42(46)50-38-41(39-52-54(48,49)51-37-36-44)53-43(47)35-31-27-24-21-18-19-22-25-29-33-40(45)32-28-6-4-2/h5,7,9-10,12-13,15-16,20,22-23,25,29,33,41H,3-4,6,8,11,14,17-19,21,24,26-28,30-32,34-39,44H2,1-2H3,(H,48,49)/b7-5-,10-9-,13-12-,16-15-,23-20-,25-22-,33-29+/t41-/m1/s1. The Morgan fingerprint density at radius 3 is 1.85 bits per heavy atom. The van der Waals surface area contributed by atoms with Crippen molar-refractivity contribution in [1.29, 1.82) is 0 Å². The van der Waals surface area contributed by atoms with E-state index in [0.717, 1.165) is 83.5 Å². The van der Waals surface area contributed by atoms with E-state index in [0.29, 0.717) is 25.7 Å². The van der Waals surface area contributed by atoms with E-state index in [-0.39, 0.29) is 38.4 Å². The number of unbranched alkanes of at least 4 members (excludes halogenated alkanes) is 8. The SMILES string of the molecule is CC/C=C\C/C=C\C/C=C\C/C=C\C/C=C\CCCC(=O)OC[C@H](COP(=O)(O)OCCN)OC(=O)CCCCCCC/C=C\C=C\C(=O)CCCCC. The number of rotatable bonds is 36. The Balaban J connectivity index is 4.39. The molecule has 1 unspecified atom stereocenters. The molecule has 0 saturated carbocycles. The summed E-state index contributed by atoms with van der Waals surface area (Å²) in [6.45, 7) is 3.31. The van der Waals surface area contributed by atoms with E-state index in [1.807, 2.05) is 12.2 Å². The summed E-state index contributed by atoms with van der Waals surface area (Å²) < 4.78 is 32.6. The Morgan fingerprint density at radius 1 is 0.630 bits per heavy atom. The van der Waals surface area contributed by atoms with Crippen molar-refractivity contribution < 1.29 is 42.4 Å². The number of ether oxygens (including phenoxy) is 2. The molecule has 0 amide bonds. The first-order valence-corrected chi connectivity index (χ1v) is 21.5. The van der Waals surface area contributed by atoms with Crippen LogP contribution in [0.5, 0.6) is 0 Å². The summed E-state index contributed by atoms with van der Waals surface area (Å²) in [6.07, 6.45) is 43.2. The summed E-state index contributed by atoms with van der Waals surface area (Å²) in [5.74, 6) is -0.801. The molecular weight excluding hydrogens is 705 g/mol. The molecule has 0 aliphatic heterocycles. The third-order valence-corrected chi connectivity index (χ3v) is 8.73. The van der Waals surface area contributed by atoms with Gasteiger partial charge in [-0.05, 0) is 76.7 Å². The first-order valence-electron chi connectivity index (χ1n) is 20.0. The van der Waals surface area contributed by atoms with Gasteiger partial charge in [0.15, 0.2) is 11.9 Å². The number of ketones is 1. The Hall–Kier alpha value is -3.14. The molecule has 0 saturated heterocycles. The summed E-state index contributed by atoms with van der Waals surface area (Å²) in [5.41, 5.74) is 5.33. The predicted molar refractivity (Wildman–Crippen MR) is 220 cm³/mol. The van der Waals surface area contributed by atoms with E-state index < -0.39 is 32.5 Å². The van der Waals surface area contributed by atoms with E-state index in [1.165, 1.54) is 0 Å². The normalized spacial score (nSPS) is 14.1. The van der Waals surface area contributed by atoms with Crippen LogP contribution in [-0.2, 0) is 37.5 Å². The fourth-order valence-corrected chi connectivity index (χ4v) is 5.53. The lowest BCUT2D eigenvalue weighted by Crippen LogP contribution is -2.29. The zero-order valence-electron chi connectivity index (χ0n) is 33.2. The van der Waals surface area contributed by atoms with Crippen molar-refractivity contribution >= 4 is 25.5 Å². The molecule has 10 nitrogen and oxygen atoms in total. The lowest BCUT2D eigenvalue weighted by molar-refractivity contribution is -0.161. The molecule has 3 N–H and O–H groups in total. The van der Waals surface area contributed by atoms with Crippen LogP contribution < -0.4 is 5.73 Å². The van der Waals surface area contributed by atoms with E-state index in [2.05, 4.69) is 74.6 Å². The summed E-state index contributed by atoms with van der Waals surface area (Å²) >= 11 is 0. The second kappa shape index (κ2) is 38.1. The van der Waals surface area contributed by atoms with Crippen LogP contribution in [0.4, 0.5) is 0 Å². The molecule has 0 aliphatic rings. The molecule has 0 rings (SSSR count). The number of phosphoric acid groups is 1. The van der Waals surface area contributed by atoms with Crippen LogP contribution in [-0.4, -0.2) is 55.1 Å². The lowest BCUT2D eigenvalue weighted by atomic mass is 10.1. The maximum atomic E-state index is 12.5. The van der Waals surface area contributed by atoms with Gasteiger partial charge in [0, 0.05) is 25.8 Å². The Labute approximate surface area is 326 Å². The van der Waals surface area contributed by atoms with E-state index in [4.69, 9.17) is 24.3 Å². The molecule has 306 valence electrons. The predicted octanol–water partition coefficient (Wildman–Crippen LogP) is 10.4. The van der Waals surface area contributed by atoms with Gasteiger partial charge in [0.05, 0.1) is 13.2 Å². The number of phosphoric ester groups is 1. The molecule has 0 aromatic rings. The van der Waals surface area contributed by atoms with Gasteiger partial charge < -0.3 is 20.1 Å². The number of esters is 2. The molecule has 0 heterocycles. The van der Waals surface area contributed by atoms with Gasteiger partial charge in [0.25, 0.3) is 0 Å². The average molecular weight is 776 g/mol. The van der Waals surface area contributed by atoms with Gasteiger partial charge in [0.1, 0.15) is 6.61 Å². The minimum absolute atomic E-state index is 0.0268. The Morgan fingerprint density at radius 2 is 1.20 bits per heavy atom. The maximum absolute atomic E-state index is 12.5. The fourth-order valence-electron chi connectivity index (χ4n) is 4.77. The van der Waals surface area contributed by atoms with Gasteiger partial charge in [-0.15, -0.1) is 0 Å². The summed E-state index contributed by atoms with van der Waals surface area (Å²) in [7, 11) is -4.41. The topological polar surface area (TPSA) is 151 Å². The molecule has 0 spiro atoms. The molecule has 0 fully saturated rings. The highest BCUT2D eigenvalue weighted by molar-refractivity contribution is 7.47. The highest BCUT2D eigenvalue weighted by Gasteiger charge is 2.25. The minimum Gasteiger partial charge on any atom is -0.462 e. The Kier molecular flexibility index (Phi) is 35.9. The van der Waals surface area contributed by atoms with Crippen molar-refractivity contribution in [1.82, 2.24) is 0 Å². The molecule has 54 heavy (non-hydrogen) atoms. The van der Waals surface area contributed by atoms with Crippen molar-refractivity contribution in [3.05, 3.63) is 85.1 Å². The molecule has 11 heteroatoms. The number of hydrogen-bond donors (Lipinski definition) is 2. The largest absolute Gasteiger partial charge is 0.472 e. The first kappa shape index (κ1) is 50.9. The smallest absolute Gasteiger partial charge is 0.462 e. The van der Waals surface area contributed by atoms with Crippen LogP contribution in [0.15, 0.2) is 85.1 Å². The Bertz CT molecular complexity index is 1220. The third-order valence-electron chi connectivity index (χ3n) is 7.74. The van der Waals surface area contributed by atoms with Crippen LogP contribution >= 0.6 is 7.82 Å². The summed E-state index contributed by atoms with van der Waals surface area (Å²) in [5, 5.41) is 0. The number of carbonyl (C=O) groups excluding carboxylic acids is 3. The minimum atomic E-state index is -4.41. The van der Waals surface area contributed by atoms with Crippen LogP contribution in [0, 0.1) is 0 Å². The lowest BCUT2D eigenvalue weighted by Gasteiger charge is -2.19. The van der Waals surface area contributed by atoms with E-state index >= 15 is 0 Å². The molecule has 0 radical (unpaired) electrons. The van der Waals surface area contributed by atoms with Crippen LogP contribution in [0.1, 0.15) is 136 Å². The first-order chi connectivity index (χ1) is 26.2. The van der Waals surface area contributed by atoms with Crippen molar-refractivity contribution in [3.63, 3.8) is 0 Å². The molecule has 0 aromatic heterocycles. The highest BCUT2D eigenvalue weighted by atomic mass is 31.2. The molecular formula is C43H70NO9P. The molecule has 0 aromatic carbocycles. The molecule has 0 bridgehead atoms. The van der Waals surface area contributed by atoms with Gasteiger partial charge in [-0.1, -0.05) is 125 Å². The average Bonchev–Trinajstić information content (AvgIpc) is 3.15. The van der Waals surface area contributed by atoms with Crippen LogP contribution in [0.25, 0.3) is 0 Å². The van der Waals surface area contributed by atoms with Crippen LogP contribution in [0.3, 0.4) is 0 Å². The summed E-state index contributed by atoms with van der Waals surface area (Å²) in [6, 6.07) is 0. The van der Waals surface area contributed by atoms with Crippen molar-refractivity contribution in [2.45, 2.75) is 142 Å². The number of allylic oxidation sites excluding steroid dienone is 14. The number of nitrogens with two attached hydrogens (primary N) is 1. The van der Waals surface area contributed by atoms with Gasteiger partial charge in [-0.25, -0.2) is 4.57 Å². The fraction of sp³-hybridized carbons (Fsp3) is 0.605. The zero-order valence-corrected chi connectivity index (χ0v) is 34.1. The van der Waals surface area contributed by atoms with Crippen molar-refractivity contribution in [3.8, 4) is 0 Å². The number of carbonyl (C=O) groups is 3. The molecule has 0 aliphatic carbocycles. The maximum Gasteiger partial charge on any atom is 0.472 e. The van der Waals surface area contributed by atoms with Crippen molar-refractivity contribution in [2.75, 3.05) is 26.4 Å². The monoisotopic (exact) mass is 775 g/mol. The quantitative estimate of drug-likeness (QED) is 0.0157. The number of hydrogen-bond acceptors (Lipinski definition) is 9. The van der Waals surface area contributed by atoms with Gasteiger partial charge >= 0.3 is 19.8 Å². The molecule has 2 atom stereocenters. The summed E-state index contributed by atoms with van der Waals surface area (Å²) in [4.78, 5) is 46.5. The van der Waals surface area contributed by atoms with E-state index in [9.17, 15) is 23.8 Å². The third kappa shape index (κ3) is 37.2. The van der Waals surface area contributed by atoms with Crippen LogP contribution in [0.2, 0.25) is 0 Å². The van der Waals surface area contributed by atoms with Gasteiger partial charge in [-0.2, -0.15) is 0 Å². The van der Waals surface area contributed by atoms with E-state index in [1.54, 1.807) is 12.2 Å². The second-order valence-corrected chi connectivity index (χ2v) is 14.3. The van der Waals surface area contributed by atoms with Gasteiger partial charge in [0.2, 0.25) is 0 Å². The highest BCUT2D eigenvalue weighted by Crippen LogP contribution is 2.43. The van der Waals surface area contributed by atoms with Gasteiger partial charge in [-0.3, -0.25) is 23.4 Å². The zero-order chi connectivity index (χ0) is 39.8. The van der Waals surface area contributed by atoms with Crippen molar-refractivity contribution in [2.24, 2.45) is 5.73 Å². The second-order valence-electron chi connectivity index (χ2n) is 12.8.